The summed E-state index contributed by atoms with van der Waals surface area (Å²) in [6, 6.07) is 15.6. The first-order valence-corrected chi connectivity index (χ1v) is 8.63. The van der Waals surface area contributed by atoms with Crippen molar-refractivity contribution in [3.8, 4) is 11.5 Å². The van der Waals surface area contributed by atoms with Crippen LogP contribution in [0.1, 0.15) is 30.9 Å². The maximum atomic E-state index is 8.96. The van der Waals surface area contributed by atoms with Gasteiger partial charge in [-0.1, -0.05) is 43.3 Å². The second-order valence-corrected chi connectivity index (χ2v) is 6.18. The lowest BCUT2D eigenvalue weighted by molar-refractivity contribution is 0.230. The minimum Gasteiger partial charge on any atom is -0.493 e. The van der Waals surface area contributed by atoms with Crippen LogP contribution >= 0.6 is 0 Å². The van der Waals surface area contributed by atoms with Gasteiger partial charge in [-0.2, -0.15) is 0 Å². The van der Waals surface area contributed by atoms with Gasteiger partial charge in [0.2, 0.25) is 0 Å². The van der Waals surface area contributed by atoms with Gasteiger partial charge in [0.15, 0.2) is 0 Å². The van der Waals surface area contributed by atoms with Crippen LogP contribution in [0.4, 0.5) is 0 Å². The number of para-hydroxylation sites is 2. The van der Waals surface area contributed by atoms with Crippen molar-refractivity contribution in [2.75, 3.05) is 26.4 Å². The maximum Gasteiger partial charge on any atom is 0.123 e. The molecule has 4 heteroatoms. The minimum absolute atomic E-state index is 0.103. The summed E-state index contributed by atoms with van der Waals surface area (Å²) in [7, 11) is 0. The zero-order valence-electron chi connectivity index (χ0n) is 14.8. The number of benzene rings is 2. The monoisotopic (exact) mass is 343 g/mol. The van der Waals surface area contributed by atoms with Crippen LogP contribution in [0.25, 0.3) is 0 Å². The summed E-state index contributed by atoms with van der Waals surface area (Å²) in [6.45, 7) is 7.58. The highest BCUT2D eigenvalue weighted by molar-refractivity contribution is 5.52. The Morgan fingerprint density at radius 1 is 0.800 bits per heavy atom. The molecule has 25 heavy (non-hydrogen) atoms. The Hall–Kier alpha value is -2.04. The van der Waals surface area contributed by atoms with Crippen molar-refractivity contribution < 1.29 is 19.7 Å². The van der Waals surface area contributed by atoms with E-state index in [0.29, 0.717) is 26.1 Å². The lowest BCUT2D eigenvalue weighted by Crippen LogP contribution is -2.22. The van der Waals surface area contributed by atoms with Crippen molar-refractivity contribution in [3.63, 3.8) is 0 Å². The lowest BCUT2D eigenvalue weighted by Gasteiger charge is -2.29. The van der Waals surface area contributed by atoms with Gasteiger partial charge in [0.25, 0.3) is 0 Å². The molecule has 2 rings (SSSR count). The van der Waals surface area contributed by atoms with E-state index in [1.54, 1.807) is 0 Å². The van der Waals surface area contributed by atoms with Crippen LogP contribution in [0.3, 0.4) is 0 Å². The van der Waals surface area contributed by atoms with Gasteiger partial charge in [0, 0.05) is 42.6 Å². The van der Waals surface area contributed by atoms with Gasteiger partial charge >= 0.3 is 0 Å². The Morgan fingerprint density at radius 3 is 1.60 bits per heavy atom. The highest BCUT2D eigenvalue weighted by Crippen LogP contribution is 2.40. The van der Waals surface area contributed by atoms with E-state index in [4.69, 9.17) is 19.7 Å². The van der Waals surface area contributed by atoms with Crippen LogP contribution in [0.2, 0.25) is 0 Å². The third-order valence-electron chi connectivity index (χ3n) is 4.08. The number of ether oxygens (including phenoxy) is 2. The van der Waals surface area contributed by atoms with Crippen molar-refractivity contribution in [1.29, 1.82) is 0 Å². The summed E-state index contributed by atoms with van der Waals surface area (Å²) >= 11 is 0. The first-order valence-electron chi connectivity index (χ1n) is 8.63. The number of hydrogen-bond acceptors (Lipinski definition) is 4. The molecule has 135 valence electrons. The topological polar surface area (TPSA) is 58.9 Å². The predicted octanol–water partition coefficient (Wildman–Crippen LogP) is 3.35. The quantitative estimate of drug-likeness (QED) is 0.650. The molecule has 2 aromatic carbocycles. The van der Waals surface area contributed by atoms with E-state index in [1.807, 2.05) is 55.5 Å². The average Bonchev–Trinajstić information content (AvgIpc) is 2.63. The summed E-state index contributed by atoms with van der Waals surface area (Å²) in [6.07, 6.45) is 1.17. The van der Waals surface area contributed by atoms with Gasteiger partial charge in [-0.15, -0.1) is 0 Å². The van der Waals surface area contributed by atoms with Crippen molar-refractivity contribution in [2.24, 2.45) is 0 Å². The van der Waals surface area contributed by atoms with Gasteiger partial charge in [-0.3, -0.25) is 0 Å². The van der Waals surface area contributed by atoms with Crippen LogP contribution in [0.15, 0.2) is 48.5 Å². The van der Waals surface area contributed by atoms with E-state index < -0.39 is 5.41 Å². The molecule has 0 amide bonds. The molecule has 0 saturated carbocycles. The smallest absolute Gasteiger partial charge is 0.123 e. The average molecular weight is 343 g/mol. The second kappa shape index (κ2) is 9.44. The molecule has 0 aliphatic carbocycles. The largest absolute Gasteiger partial charge is 0.493 e. The standard InChI is InChI=1S/C21H27O4/c1-21(2,17-9-3-5-11-19(17)24-15-7-13-22)18-10-4-6-12-20(18)25-16-8-14-23/h3-6,9-12,22-23H,1,7-8,13-16H2,2H3. The van der Waals surface area contributed by atoms with E-state index >= 15 is 0 Å². The third-order valence-corrected chi connectivity index (χ3v) is 4.08. The molecule has 0 saturated heterocycles. The lowest BCUT2D eigenvalue weighted by atomic mass is 9.77. The molecule has 0 unspecified atom stereocenters. The Bertz CT molecular complexity index is 596. The van der Waals surface area contributed by atoms with Crippen LogP contribution in [0.5, 0.6) is 11.5 Å². The molecule has 0 aliphatic rings. The maximum absolute atomic E-state index is 8.96. The zero-order valence-corrected chi connectivity index (χ0v) is 14.8. The third kappa shape index (κ3) is 4.97. The van der Waals surface area contributed by atoms with E-state index in [2.05, 4.69) is 6.92 Å². The fourth-order valence-corrected chi connectivity index (χ4v) is 2.74. The summed E-state index contributed by atoms with van der Waals surface area (Å²) in [5.41, 5.74) is 1.36. The van der Waals surface area contributed by atoms with Gasteiger partial charge < -0.3 is 19.7 Å². The molecule has 4 nitrogen and oxygen atoms in total. The van der Waals surface area contributed by atoms with Crippen LogP contribution in [0, 0.1) is 6.92 Å². The van der Waals surface area contributed by atoms with Crippen molar-refractivity contribution in [1.82, 2.24) is 0 Å². The molecule has 0 heterocycles. The van der Waals surface area contributed by atoms with Gasteiger partial charge in [-0.25, -0.2) is 0 Å². The Kier molecular flexibility index (Phi) is 7.29. The summed E-state index contributed by atoms with van der Waals surface area (Å²) < 4.78 is 11.7. The molecule has 0 fully saturated rings. The van der Waals surface area contributed by atoms with Crippen LogP contribution in [-0.2, 0) is 5.41 Å². The van der Waals surface area contributed by atoms with Gasteiger partial charge in [0.05, 0.1) is 13.2 Å². The van der Waals surface area contributed by atoms with E-state index in [1.165, 1.54) is 0 Å². The Balaban J connectivity index is 2.32. The van der Waals surface area contributed by atoms with E-state index in [0.717, 1.165) is 22.6 Å². The number of aliphatic hydroxyl groups is 2. The molecule has 2 aromatic rings. The van der Waals surface area contributed by atoms with Crippen LogP contribution in [-0.4, -0.2) is 36.6 Å². The van der Waals surface area contributed by atoms with Gasteiger partial charge in [-0.05, 0) is 19.1 Å². The first-order chi connectivity index (χ1) is 12.1. The predicted molar refractivity (Wildman–Crippen MR) is 99.1 cm³/mol. The fourth-order valence-electron chi connectivity index (χ4n) is 2.74. The molecular weight excluding hydrogens is 316 g/mol. The first kappa shape index (κ1) is 19.3. The molecule has 0 bridgehead atoms. The SMILES string of the molecule is [CH2]C(C)(c1ccccc1OCCCO)c1ccccc1OCCCO. The second-order valence-electron chi connectivity index (χ2n) is 6.18. The fraction of sp³-hybridized carbons (Fsp3) is 0.381. The molecule has 1 radical (unpaired) electrons. The minimum atomic E-state index is -0.564. The number of hydrogen-bond donors (Lipinski definition) is 2. The van der Waals surface area contributed by atoms with E-state index in [-0.39, 0.29) is 13.2 Å². The summed E-state index contributed by atoms with van der Waals surface area (Å²) in [4.78, 5) is 0. The molecule has 2 N–H and O–H groups in total. The van der Waals surface area contributed by atoms with Crippen LogP contribution < -0.4 is 9.47 Å². The molecule has 0 aliphatic heterocycles. The molecule has 0 spiro atoms. The van der Waals surface area contributed by atoms with Gasteiger partial charge in [0.1, 0.15) is 11.5 Å². The summed E-state index contributed by atoms with van der Waals surface area (Å²) in [5.74, 6) is 1.53. The van der Waals surface area contributed by atoms with Crippen molar-refractivity contribution >= 4 is 0 Å². The molecular formula is C21H27O4. The zero-order chi connectivity index (χ0) is 18.1. The van der Waals surface area contributed by atoms with E-state index in [9.17, 15) is 0 Å². The highest BCUT2D eigenvalue weighted by Gasteiger charge is 2.29. The normalized spacial score (nSPS) is 11.4. The number of aliphatic hydroxyl groups excluding tert-OH is 2. The highest BCUT2D eigenvalue weighted by atomic mass is 16.5. The van der Waals surface area contributed by atoms with Crippen molar-refractivity contribution in [3.05, 3.63) is 66.6 Å². The molecule has 0 aromatic heterocycles. The molecule has 0 atom stereocenters. The Labute approximate surface area is 150 Å². The number of rotatable bonds is 10. The summed E-state index contributed by atoms with van der Waals surface area (Å²) in [5, 5.41) is 17.9. The Morgan fingerprint density at radius 2 is 1.20 bits per heavy atom. The van der Waals surface area contributed by atoms with Crippen molar-refractivity contribution in [2.45, 2.75) is 25.2 Å².